The van der Waals surface area contributed by atoms with E-state index in [-0.39, 0.29) is 15.6 Å². The number of ether oxygens (including phenoxy) is 1. The summed E-state index contributed by atoms with van der Waals surface area (Å²) < 4.78 is 4.75. The molecule has 2 N–H and O–H groups in total. The molecule has 0 bridgehead atoms. The van der Waals surface area contributed by atoms with Gasteiger partial charge in [-0.1, -0.05) is 22.7 Å². The molecule has 12 heteroatoms. The minimum atomic E-state index is -0.847. The Balaban J connectivity index is 2.03. The van der Waals surface area contributed by atoms with E-state index in [4.69, 9.17) is 4.74 Å². The summed E-state index contributed by atoms with van der Waals surface area (Å²) >= 11 is 1.91. The van der Waals surface area contributed by atoms with E-state index in [1.165, 1.54) is 13.3 Å². The fraction of sp³-hybridized carbons (Fsp3) is 0.214. The van der Waals surface area contributed by atoms with Gasteiger partial charge in [-0.15, -0.1) is 0 Å². The molecule has 26 heavy (non-hydrogen) atoms. The first-order valence-corrected chi connectivity index (χ1v) is 8.94. The lowest BCUT2D eigenvalue weighted by atomic mass is 9.98. The van der Waals surface area contributed by atoms with Crippen molar-refractivity contribution in [3.63, 3.8) is 0 Å². The van der Waals surface area contributed by atoms with E-state index in [0.717, 1.165) is 22.7 Å². The summed E-state index contributed by atoms with van der Waals surface area (Å²) in [6.07, 6.45) is 0.681. The van der Waals surface area contributed by atoms with Crippen molar-refractivity contribution in [1.82, 2.24) is 10.6 Å². The average Bonchev–Trinajstić information content (AvgIpc) is 3.29. The Morgan fingerprint density at radius 1 is 1.12 bits per heavy atom. The van der Waals surface area contributed by atoms with E-state index in [2.05, 4.69) is 10.6 Å². The van der Waals surface area contributed by atoms with Gasteiger partial charge in [0.25, 0.3) is 0 Å². The van der Waals surface area contributed by atoms with Crippen molar-refractivity contribution in [2.24, 2.45) is 0 Å². The maximum atomic E-state index is 12.1. The monoisotopic (exact) mass is 396 g/mol. The third kappa shape index (κ3) is 3.16. The Hall–Kier alpha value is -2.83. The van der Waals surface area contributed by atoms with Crippen LogP contribution in [0.15, 0.2) is 34.7 Å². The summed E-state index contributed by atoms with van der Waals surface area (Å²) in [5, 5.41) is 31.3. The normalized spacial score (nSPS) is 19.3. The summed E-state index contributed by atoms with van der Waals surface area (Å²) in [6.45, 7) is 0. The molecule has 0 unspecified atom stereocenters. The van der Waals surface area contributed by atoms with Gasteiger partial charge in [-0.2, -0.15) is 0 Å². The van der Waals surface area contributed by atoms with Crippen molar-refractivity contribution in [1.29, 1.82) is 0 Å². The first-order chi connectivity index (χ1) is 12.4. The third-order valence-corrected chi connectivity index (χ3v) is 5.53. The number of carbonyl (C=O) groups is 1. The van der Waals surface area contributed by atoms with Crippen LogP contribution >= 0.6 is 22.7 Å². The number of nitro groups is 2. The maximum Gasteiger partial charge on any atom is 0.337 e. The molecule has 2 aromatic rings. The van der Waals surface area contributed by atoms with Gasteiger partial charge in [0.2, 0.25) is 0 Å². The summed E-state index contributed by atoms with van der Waals surface area (Å²) in [6, 6.07) is 2.28. The molecule has 0 saturated heterocycles. The lowest BCUT2D eigenvalue weighted by Crippen LogP contribution is -2.41. The van der Waals surface area contributed by atoms with Crippen molar-refractivity contribution < 1.29 is 19.4 Å². The molecular weight excluding hydrogens is 384 g/mol. The molecule has 2 atom stereocenters. The van der Waals surface area contributed by atoms with Crippen LogP contribution in [-0.4, -0.2) is 22.9 Å². The maximum absolute atomic E-state index is 12.1. The van der Waals surface area contributed by atoms with Gasteiger partial charge in [0.15, 0.2) is 0 Å². The summed E-state index contributed by atoms with van der Waals surface area (Å²) in [4.78, 5) is 33.5. The quantitative estimate of drug-likeness (QED) is 0.447. The molecule has 136 valence electrons. The van der Waals surface area contributed by atoms with Crippen molar-refractivity contribution in [2.75, 3.05) is 7.11 Å². The smallest absolute Gasteiger partial charge is 0.337 e. The number of hydrogen-bond acceptors (Lipinski definition) is 10. The van der Waals surface area contributed by atoms with Crippen LogP contribution in [0.3, 0.4) is 0 Å². The number of carbonyl (C=O) groups excluding carboxylic acids is 1. The molecule has 0 radical (unpaired) electrons. The number of nitrogens with one attached hydrogen (secondary N) is 2. The topological polar surface area (TPSA) is 137 Å². The summed E-state index contributed by atoms with van der Waals surface area (Å²) in [7, 11) is 1.21. The zero-order valence-corrected chi connectivity index (χ0v) is 14.8. The first-order valence-electron chi connectivity index (χ1n) is 7.18. The van der Waals surface area contributed by atoms with E-state index in [0.29, 0.717) is 11.1 Å². The number of thiophene rings is 2. The molecular formula is C14H12N4O6S2. The second-order valence-corrected chi connectivity index (χ2v) is 6.96. The van der Waals surface area contributed by atoms with Gasteiger partial charge in [-0.3, -0.25) is 25.5 Å². The van der Waals surface area contributed by atoms with E-state index in [9.17, 15) is 25.0 Å². The molecule has 3 rings (SSSR count). The SMILES string of the molecule is COC(=O)C1=CN[C@@H](c2ccsc2[N+](=O)[O-])N[C@H]1c1ccsc1[N+](=O)[O-]. The van der Waals surface area contributed by atoms with Crippen molar-refractivity contribution in [3.8, 4) is 0 Å². The minimum Gasteiger partial charge on any atom is -0.466 e. The highest BCUT2D eigenvalue weighted by Gasteiger charge is 2.37. The van der Waals surface area contributed by atoms with Gasteiger partial charge >= 0.3 is 16.0 Å². The Bertz CT molecular complexity index is 905. The second-order valence-electron chi connectivity index (χ2n) is 5.17. The zero-order valence-electron chi connectivity index (χ0n) is 13.2. The van der Waals surface area contributed by atoms with Crippen molar-refractivity contribution in [3.05, 3.63) is 66.0 Å². The highest BCUT2D eigenvalue weighted by molar-refractivity contribution is 7.13. The Kier molecular flexibility index (Phi) is 4.97. The zero-order chi connectivity index (χ0) is 18.8. The molecule has 0 amide bonds. The van der Waals surface area contributed by atoms with Gasteiger partial charge in [0.05, 0.1) is 39.7 Å². The molecule has 10 nitrogen and oxygen atoms in total. The summed E-state index contributed by atoms with van der Waals surface area (Å²) in [5.41, 5.74) is 0.812. The largest absolute Gasteiger partial charge is 0.466 e. The Morgan fingerprint density at radius 2 is 1.69 bits per heavy atom. The average molecular weight is 396 g/mol. The number of rotatable bonds is 5. The molecule has 3 heterocycles. The van der Waals surface area contributed by atoms with Crippen LogP contribution in [0.1, 0.15) is 23.3 Å². The molecule has 0 aliphatic carbocycles. The predicted octanol–water partition coefficient (Wildman–Crippen LogP) is 2.62. The molecule has 1 aliphatic heterocycles. The highest BCUT2D eigenvalue weighted by Crippen LogP contribution is 2.39. The molecule has 2 aromatic heterocycles. The molecule has 0 fully saturated rings. The summed E-state index contributed by atoms with van der Waals surface area (Å²) in [5.74, 6) is -0.659. The van der Waals surface area contributed by atoms with E-state index >= 15 is 0 Å². The van der Waals surface area contributed by atoms with Gasteiger partial charge in [0, 0.05) is 6.20 Å². The van der Waals surface area contributed by atoms with Crippen molar-refractivity contribution >= 4 is 38.6 Å². The van der Waals surface area contributed by atoms with Crippen LogP contribution in [0, 0.1) is 20.2 Å². The van der Waals surface area contributed by atoms with Crippen LogP contribution in [0.4, 0.5) is 10.0 Å². The number of esters is 1. The van der Waals surface area contributed by atoms with Crippen LogP contribution in [-0.2, 0) is 9.53 Å². The first kappa shape index (κ1) is 18.0. The lowest BCUT2D eigenvalue weighted by Gasteiger charge is -2.30. The number of hydrogen-bond donors (Lipinski definition) is 2. The van der Waals surface area contributed by atoms with E-state index in [1.807, 2.05) is 0 Å². The Labute approximate surface area is 154 Å². The second kappa shape index (κ2) is 7.19. The minimum absolute atomic E-state index is 0.0523. The number of nitrogens with zero attached hydrogens (tertiary/aromatic N) is 2. The third-order valence-electron chi connectivity index (χ3n) is 3.77. The fourth-order valence-electron chi connectivity index (χ4n) is 2.65. The molecule has 0 aromatic carbocycles. The van der Waals surface area contributed by atoms with Crippen LogP contribution < -0.4 is 10.6 Å². The predicted molar refractivity (Wildman–Crippen MR) is 93.8 cm³/mol. The molecule has 0 spiro atoms. The van der Waals surface area contributed by atoms with Crippen LogP contribution in [0.5, 0.6) is 0 Å². The van der Waals surface area contributed by atoms with Gasteiger partial charge in [-0.05, 0) is 22.9 Å². The standard InChI is InChI=1S/C14H12N4O6S2/c1-24-14(19)9-6-15-11(8-3-5-26-13(8)18(22)23)16-10(9)7-2-4-25-12(7)17(20)21/h2-6,10-11,15-16H,1H3/t10-,11+/m0/s1. The molecule has 1 aliphatic rings. The van der Waals surface area contributed by atoms with Crippen LogP contribution in [0.2, 0.25) is 0 Å². The van der Waals surface area contributed by atoms with Gasteiger partial charge in [-0.25, -0.2) is 4.79 Å². The fourth-order valence-corrected chi connectivity index (χ4v) is 4.15. The van der Waals surface area contributed by atoms with Crippen molar-refractivity contribution in [2.45, 2.75) is 12.2 Å². The molecule has 0 saturated carbocycles. The van der Waals surface area contributed by atoms with Crippen LogP contribution in [0.25, 0.3) is 0 Å². The van der Waals surface area contributed by atoms with Gasteiger partial charge in [0.1, 0.15) is 6.17 Å². The van der Waals surface area contributed by atoms with E-state index in [1.54, 1.807) is 22.9 Å². The lowest BCUT2D eigenvalue weighted by molar-refractivity contribution is -0.381. The van der Waals surface area contributed by atoms with Gasteiger partial charge < -0.3 is 10.1 Å². The van der Waals surface area contributed by atoms with E-state index < -0.39 is 28.0 Å². The Morgan fingerprint density at radius 3 is 2.27 bits per heavy atom. The highest BCUT2D eigenvalue weighted by atomic mass is 32.1. The number of methoxy groups -OCH3 is 1.